The molecule has 0 radical (unpaired) electrons. The Bertz CT molecular complexity index is 659. The SMILES string of the molecule is CCC(C)(C)c1ccc(C(=O)c2cc(Cl)ccc2Br)cc1. The van der Waals surface area contributed by atoms with Gasteiger partial charge in [-0.15, -0.1) is 0 Å². The molecule has 3 heteroatoms. The molecule has 0 aliphatic rings. The van der Waals surface area contributed by atoms with Crippen LogP contribution in [0.25, 0.3) is 0 Å². The number of carbonyl (C=O) groups is 1. The van der Waals surface area contributed by atoms with Crippen LogP contribution < -0.4 is 0 Å². The molecule has 0 unspecified atom stereocenters. The molecule has 2 aromatic rings. The smallest absolute Gasteiger partial charge is 0.194 e. The summed E-state index contributed by atoms with van der Waals surface area (Å²) in [4.78, 5) is 12.6. The molecule has 0 N–H and O–H groups in total. The maximum atomic E-state index is 12.6. The van der Waals surface area contributed by atoms with E-state index in [1.807, 2.05) is 24.3 Å². The first-order chi connectivity index (χ1) is 9.85. The fraction of sp³-hybridized carbons (Fsp3) is 0.278. The van der Waals surface area contributed by atoms with E-state index in [4.69, 9.17) is 11.6 Å². The van der Waals surface area contributed by atoms with E-state index in [-0.39, 0.29) is 11.2 Å². The van der Waals surface area contributed by atoms with Crippen molar-refractivity contribution in [2.75, 3.05) is 0 Å². The van der Waals surface area contributed by atoms with E-state index in [0.717, 1.165) is 10.9 Å². The maximum Gasteiger partial charge on any atom is 0.194 e. The molecule has 1 nitrogen and oxygen atoms in total. The van der Waals surface area contributed by atoms with E-state index < -0.39 is 0 Å². The van der Waals surface area contributed by atoms with Crippen LogP contribution in [0.15, 0.2) is 46.9 Å². The molecule has 0 spiro atoms. The normalized spacial score (nSPS) is 11.5. The molecular formula is C18H18BrClO. The molecule has 0 fully saturated rings. The van der Waals surface area contributed by atoms with Gasteiger partial charge in [-0.2, -0.15) is 0 Å². The second-order valence-corrected chi connectivity index (χ2v) is 7.06. The van der Waals surface area contributed by atoms with E-state index in [2.05, 4.69) is 36.7 Å². The Morgan fingerprint density at radius 1 is 1.14 bits per heavy atom. The van der Waals surface area contributed by atoms with Gasteiger partial charge in [0.25, 0.3) is 0 Å². The quantitative estimate of drug-likeness (QED) is 0.605. The first-order valence-corrected chi connectivity index (χ1v) is 8.12. The molecule has 2 rings (SSSR count). The summed E-state index contributed by atoms with van der Waals surface area (Å²) >= 11 is 9.39. The monoisotopic (exact) mass is 364 g/mol. The fourth-order valence-electron chi connectivity index (χ4n) is 2.10. The molecule has 0 saturated heterocycles. The van der Waals surface area contributed by atoms with Crippen LogP contribution in [-0.2, 0) is 5.41 Å². The summed E-state index contributed by atoms with van der Waals surface area (Å²) in [5.74, 6) is -0.0229. The Labute approximate surface area is 139 Å². The van der Waals surface area contributed by atoms with Crippen molar-refractivity contribution in [3.05, 3.63) is 68.7 Å². The average Bonchev–Trinajstić information content (AvgIpc) is 2.49. The standard InChI is InChI=1S/C18H18BrClO/c1-4-18(2,3)13-7-5-12(6-8-13)17(21)15-11-14(20)9-10-16(15)19/h5-11H,4H2,1-3H3. The average molecular weight is 366 g/mol. The van der Waals surface area contributed by atoms with Gasteiger partial charge in [-0.25, -0.2) is 0 Å². The Hall–Kier alpha value is -1.12. The van der Waals surface area contributed by atoms with Crippen molar-refractivity contribution in [2.24, 2.45) is 0 Å². The van der Waals surface area contributed by atoms with Crippen LogP contribution in [0.5, 0.6) is 0 Å². The number of benzene rings is 2. The van der Waals surface area contributed by atoms with Gasteiger partial charge >= 0.3 is 0 Å². The van der Waals surface area contributed by atoms with Gasteiger partial charge in [-0.1, -0.05) is 72.6 Å². The minimum Gasteiger partial charge on any atom is -0.289 e. The minimum absolute atomic E-state index is 0.0229. The van der Waals surface area contributed by atoms with Crippen LogP contribution >= 0.6 is 27.5 Å². The summed E-state index contributed by atoms with van der Waals surface area (Å²) in [5.41, 5.74) is 2.63. The van der Waals surface area contributed by atoms with Crippen LogP contribution in [0.3, 0.4) is 0 Å². The highest BCUT2D eigenvalue weighted by Crippen LogP contribution is 2.28. The lowest BCUT2D eigenvalue weighted by Gasteiger charge is -2.23. The molecule has 2 aromatic carbocycles. The third-order valence-electron chi connectivity index (χ3n) is 3.99. The third kappa shape index (κ3) is 3.56. The summed E-state index contributed by atoms with van der Waals surface area (Å²) in [5, 5.41) is 0.560. The van der Waals surface area contributed by atoms with Gasteiger partial charge in [-0.05, 0) is 35.6 Å². The van der Waals surface area contributed by atoms with Gasteiger partial charge in [0.1, 0.15) is 0 Å². The number of halogens is 2. The topological polar surface area (TPSA) is 17.1 Å². The highest BCUT2D eigenvalue weighted by atomic mass is 79.9. The molecule has 0 aliphatic heterocycles. The summed E-state index contributed by atoms with van der Waals surface area (Å²) in [6.07, 6.45) is 1.06. The zero-order chi connectivity index (χ0) is 15.6. The van der Waals surface area contributed by atoms with E-state index in [1.165, 1.54) is 5.56 Å². The van der Waals surface area contributed by atoms with E-state index in [0.29, 0.717) is 16.1 Å². The predicted molar refractivity (Wildman–Crippen MR) is 92.3 cm³/mol. The first-order valence-electron chi connectivity index (χ1n) is 6.95. The Balaban J connectivity index is 2.35. The van der Waals surface area contributed by atoms with Crippen molar-refractivity contribution < 1.29 is 4.79 Å². The lowest BCUT2D eigenvalue weighted by Crippen LogP contribution is -2.15. The summed E-state index contributed by atoms with van der Waals surface area (Å²) in [6, 6.07) is 13.1. The fourth-order valence-corrected chi connectivity index (χ4v) is 2.70. The van der Waals surface area contributed by atoms with Crippen LogP contribution in [0.1, 0.15) is 48.7 Å². The summed E-state index contributed by atoms with van der Waals surface area (Å²) < 4.78 is 0.759. The molecule has 0 bridgehead atoms. The van der Waals surface area contributed by atoms with Gasteiger partial charge in [-0.3, -0.25) is 4.79 Å². The van der Waals surface area contributed by atoms with E-state index >= 15 is 0 Å². The zero-order valence-corrected chi connectivity index (χ0v) is 14.8. The second kappa shape index (κ2) is 6.33. The highest BCUT2D eigenvalue weighted by Gasteiger charge is 2.19. The number of hydrogen-bond donors (Lipinski definition) is 0. The van der Waals surface area contributed by atoms with Crippen LogP contribution in [0, 0.1) is 0 Å². The third-order valence-corrected chi connectivity index (χ3v) is 4.91. The lowest BCUT2D eigenvalue weighted by atomic mass is 9.82. The molecule has 0 aliphatic carbocycles. The van der Waals surface area contributed by atoms with E-state index in [9.17, 15) is 4.79 Å². The number of carbonyl (C=O) groups excluding carboxylic acids is 1. The lowest BCUT2D eigenvalue weighted by molar-refractivity contribution is 0.103. The first kappa shape index (κ1) is 16.3. The van der Waals surface area contributed by atoms with Gasteiger partial charge in [0.05, 0.1) is 0 Å². The Kier molecular flexibility index (Phi) is 4.90. The number of ketones is 1. The molecule has 0 amide bonds. The van der Waals surface area contributed by atoms with Crippen molar-refractivity contribution in [3.8, 4) is 0 Å². The number of hydrogen-bond acceptors (Lipinski definition) is 1. The molecule has 0 aromatic heterocycles. The molecular weight excluding hydrogens is 348 g/mol. The van der Waals surface area contributed by atoms with Crippen LogP contribution in [0.2, 0.25) is 5.02 Å². The van der Waals surface area contributed by atoms with Crippen LogP contribution in [0.4, 0.5) is 0 Å². The number of rotatable bonds is 4. The van der Waals surface area contributed by atoms with Crippen LogP contribution in [-0.4, -0.2) is 5.78 Å². The van der Waals surface area contributed by atoms with E-state index in [1.54, 1.807) is 18.2 Å². The van der Waals surface area contributed by atoms with Crippen molar-refractivity contribution >= 4 is 33.3 Å². The maximum absolute atomic E-state index is 12.6. The largest absolute Gasteiger partial charge is 0.289 e. The van der Waals surface area contributed by atoms with Crippen molar-refractivity contribution in [1.29, 1.82) is 0 Å². The van der Waals surface area contributed by atoms with Gasteiger partial charge in [0.2, 0.25) is 0 Å². The molecule has 0 heterocycles. The van der Waals surface area contributed by atoms with Gasteiger partial charge in [0, 0.05) is 20.6 Å². The zero-order valence-electron chi connectivity index (χ0n) is 12.4. The van der Waals surface area contributed by atoms with Crippen molar-refractivity contribution in [3.63, 3.8) is 0 Å². The minimum atomic E-state index is -0.0229. The van der Waals surface area contributed by atoms with Crippen molar-refractivity contribution in [2.45, 2.75) is 32.6 Å². The molecule has 0 saturated carbocycles. The summed E-state index contributed by atoms with van der Waals surface area (Å²) in [6.45, 7) is 6.58. The highest BCUT2D eigenvalue weighted by molar-refractivity contribution is 9.10. The van der Waals surface area contributed by atoms with Gasteiger partial charge < -0.3 is 0 Å². The molecule has 21 heavy (non-hydrogen) atoms. The van der Waals surface area contributed by atoms with Gasteiger partial charge in [0.15, 0.2) is 5.78 Å². The molecule has 0 atom stereocenters. The summed E-state index contributed by atoms with van der Waals surface area (Å²) in [7, 11) is 0. The second-order valence-electron chi connectivity index (χ2n) is 5.77. The molecule has 110 valence electrons. The Morgan fingerprint density at radius 3 is 2.33 bits per heavy atom. The van der Waals surface area contributed by atoms with Crippen molar-refractivity contribution in [1.82, 2.24) is 0 Å². The Morgan fingerprint density at radius 2 is 1.76 bits per heavy atom. The predicted octanol–water partition coefficient (Wildman–Crippen LogP) is 6.02.